The van der Waals surface area contributed by atoms with Gasteiger partial charge in [0.25, 0.3) is 0 Å². The molecule has 4 N–H and O–H groups in total. The number of pyridine rings is 1. The summed E-state index contributed by atoms with van der Waals surface area (Å²) in [5, 5.41) is 0. The molecule has 0 aromatic carbocycles. The number of methoxy groups -OCH3 is 2. The van der Waals surface area contributed by atoms with Gasteiger partial charge in [-0.25, -0.2) is 14.2 Å². The van der Waals surface area contributed by atoms with Gasteiger partial charge in [-0.3, -0.25) is 0 Å². The van der Waals surface area contributed by atoms with Gasteiger partial charge >= 0.3 is 5.97 Å². The second-order valence-corrected chi connectivity index (χ2v) is 4.94. The van der Waals surface area contributed by atoms with Crippen molar-refractivity contribution in [3.8, 4) is 5.88 Å². The minimum Gasteiger partial charge on any atom is -0.481 e. The van der Waals surface area contributed by atoms with E-state index in [1.165, 1.54) is 20.3 Å². The molecular formula is C13H18FN3O4. The molecule has 21 heavy (non-hydrogen) atoms. The first kappa shape index (κ1) is 15.6. The maximum absolute atomic E-state index is 14.2. The number of esters is 1. The van der Waals surface area contributed by atoms with E-state index in [1.807, 2.05) is 0 Å². The quantitative estimate of drug-likeness (QED) is 0.736. The topological polar surface area (TPSA) is 110 Å². The average molecular weight is 299 g/mol. The zero-order valence-electron chi connectivity index (χ0n) is 11.9. The summed E-state index contributed by atoms with van der Waals surface area (Å²) in [6.45, 7) is 0.108. The van der Waals surface area contributed by atoms with Gasteiger partial charge in [0.1, 0.15) is 11.4 Å². The van der Waals surface area contributed by atoms with Gasteiger partial charge in [-0.2, -0.15) is 0 Å². The van der Waals surface area contributed by atoms with Crippen LogP contribution in [-0.4, -0.2) is 43.9 Å². The summed E-state index contributed by atoms with van der Waals surface area (Å²) in [5.74, 6) is -1.25. The van der Waals surface area contributed by atoms with Crippen LogP contribution in [0, 0.1) is 5.82 Å². The molecule has 0 radical (unpaired) electrons. The Morgan fingerprint density at radius 2 is 2.19 bits per heavy atom. The highest BCUT2D eigenvalue weighted by Gasteiger charge is 2.57. The van der Waals surface area contributed by atoms with E-state index in [1.54, 1.807) is 0 Å². The van der Waals surface area contributed by atoms with E-state index in [9.17, 15) is 9.18 Å². The molecule has 7 nitrogen and oxygen atoms in total. The molecule has 8 heteroatoms. The smallest absolute Gasteiger partial charge is 0.328 e. The summed E-state index contributed by atoms with van der Waals surface area (Å²) >= 11 is 0. The van der Waals surface area contributed by atoms with Crippen LogP contribution >= 0.6 is 0 Å². The van der Waals surface area contributed by atoms with Crippen molar-refractivity contribution in [2.75, 3.05) is 27.4 Å². The number of ether oxygens (including phenoxy) is 3. The Hall–Kier alpha value is -1.77. The molecule has 1 aromatic heterocycles. The highest BCUT2D eigenvalue weighted by Crippen LogP contribution is 2.38. The molecule has 2 heterocycles. The number of nitrogens with zero attached hydrogens (tertiary/aromatic N) is 1. The molecule has 2 rings (SSSR count). The Labute approximate surface area is 121 Å². The zero-order chi connectivity index (χ0) is 15.7. The molecule has 0 bridgehead atoms. The fourth-order valence-corrected chi connectivity index (χ4v) is 2.48. The maximum Gasteiger partial charge on any atom is 0.328 e. The highest BCUT2D eigenvalue weighted by atomic mass is 19.1. The molecule has 0 spiro atoms. The van der Waals surface area contributed by atoms with Crippen LogP contribution in [0.3, 0.4) is 0 Å². The van der Waals surface area contributed by atoms with Gasteiger partial charge in [-0.05, 0) is 0 Å². The lowest BCUT2D eigenvalue weighted by molar-refractivity contribution is -0.157. The molecule has 0 amide bonds. The minimum absolute atomic E-state index is 0.00181. The highest BCUT2D eigenvalue weighted by molar-refractivity contribution is 5.83. The summed E-state index contributed by atoms with van der Waals surface area (Å²) in [5.41, 5.74) is 9.28. The normalized spacial score (nSPS) is 29.0. The second kappa shape index (κ2) is 5.55. The van der Waals surface area contributed by atoms with Crippen molar-refractivity contribution in [1.82, 2.24) is 4.98 Å². The standard InChI is InChI=1S/C13H18FN3O4/c1-19-10-5-8(9(14)6-17-10)13(16)7-21-4-3-12(13,15)11(18)20-2/h5-6H,3-4,7,15-16H2,1-2H3. The molecular weight excluding hydrogens is 281 g/mol. The van der Waals surface area contributed by atoms with Crippen molar-refractivity contribution in [3.63, 3.8) is 0 Å². The summed E-state index contributed by atoms with van der Waals surface area (Å²) in [4.78, 5) is 15.8. The van der Waals surface area contributed by atoms with Crippen molar-refractivity contribution in [2.45, 2.75) is 17.5 Å². The third kappa shape index (κ3) is 2.35. The molecule has 1 aromatic rings. The van der Waals surface area contributed by atoms with Crippen LogP contribution in [0.1, 0.15) is 12.0 Å². The Bertz CT molecular complexity index is 556. The van der Waals surface area contributed by atoms with Crippen molar-refractivity contribution < 1.29 is 23.4 Å². The predicted molar refractivity (Wildman–Crippen MR) is 71.0 cm³/mol. The molecule has 116 valence electrons. The van der Waals surface area contributed by atoms with Crippen molar-refractivity contribution >= 4 is 5.97 Å². The van der Waals surface area contributed by atoms with Gasteiger partial charge < -0.3 is 25.7 Å². The Morgan fingerprint density at radius 1 is 1.48 bits per heavy atom. The van der Waals surface area contributed by atoms with E-state index in [0.717, 1.165) is 6.20 Å². The molecule has 0 saturated carbocycles. The average Bonchev–Trinajstić information content (AvgIpc) is 2.49. The van der Waals surface area contributed by atoms with Crippen molar-refractivity contribution in [2.24, 2.45) is 11.5 Å². The number of aromatic nitrogens is 1. The number of hydrogen-bond donors (Lipinski definition) is 2. The van der Waals surface area contributed by atoms with Crippen LogP contribution in [0.2, 0.25) is 0 Å². The Kier molecular flexibility index (Phi) is 4.13. The molecule has 1 saturated heterocycles. The third-order valence-electron chi connectivity index (χ3n) is 3.84. The lowest BCUT2D eigenvalue weighted by Gasteiger charge is -2.46. The maximum atomic E-state index is 14.2. The van der Waals surface area contributed by atoms with Gasteiger partial charge in [0.2, 0.25) is 5.88 Å². The van der Waals surface area contributed by atoms with Crippen LogP contribution in [0.4, 0.5) is 4.39 Å². The summed E-state index contributed by atoms with van der Waals surface area (Å²) in [7, 11) is 2.59. The summed E-state index contributed by atoms with van der Waals surface area (Å²) in [6.07, 6.45) is 1.08. The van der Waals surface area contributed by atoms with Crippen LogP contribution < -0.4 is 16.2 Å². The van der Waals surface area contributed by atoms with Gasteiger partial charge in [0.15, 0.2) is 0 Å². The molecule has 0 aliphatic carbocycles. The molecule has 2 unspecified atom stereocenters. The van der Waals surface area contributed by atoms with E-state index in [4.69, 9.17) is 25.7 Å². The number of halogens is 1. The monoisotopic (exact) mass is 299 g/mol. The first-order valence-corrected chi connectivity index (χ1v) is 6.33. The van der Waals surface area contributed by atoms with Gasteiger partial charge in [-0.1, -0.05) is 0 Å². The SMILES string of the molecule is COC(=O)C1(N)CCOCC1(N)c1cc(OC)ncc1F. The lowest BCUT2D eigenvalue weighted by atomic mass is 9.70. The van der Waals surface area contributed by atoms with Crippen LogP contribution in [0.25, 0.3) is 0 Å². The molecule has 1 aliphatic heterocycles. The summed E-state index contributed by atoms with van der Waals surface area (Å²) < 4.78 is 29.2. The van der Waals surface area contributed by atoms with E-state index in [0.29, 0.717) is 0 Å². The Morgan fingerprint density at radius 3 is 2.81 bits per heavy atom. The molecule has 1 aliphatic rings. The van der Waals surface area contributed by atoms with E-state index >= 15 is 0 Å². The van der Waals surface area contributed by atoms with E-state index in [2.05, 4.69) is 4.98 Å². The first-order valence-electron chi connectivity index (χ1n) is 6.33. The molecule has 2 atom stereocenters. The predicted octanol–water partition coefficient (Wildman–Crippen LogP) is -0.326. The number of rotatable bonds is 3. The van der Waals surface area contributed by atoms with Gasteiger partial charge in [0.05, 0.1) is 32.6 Å². The lowest BCUT2D eigenvalue weighted by Crippen LogP contribution is -2.72. The number of nitrogens with two attached hydrogens (primary N) is 2. The third-order valence-corrected chi connectivity index (χ3v) is 3.84. The molecule has 1 fully saturated rings. The van der Waals surface area contributed by atoms with Crippen LogP contribution in [0.15, 0.2) is 12.3 Å². The fourth-order valence-electron chi connectivity index (χ4n) is 2.48. The minimum atomic E-state index is -1.60. The van der Waals surface area contributed by atoms with Crippen LogP contribution in [-0.2, 0) is 19.8 Å². The van der Waals surface area contributed by atoms with Crippen LogP contribution in [0.5, 0.6) is 5.88 Å². The van der Waals surface area contributed by atoms with Gasteiger partial charge in [0, 0.05) is 24.7 Å². The fraction of sp³-hybridized carbons (Fsp3) is 0.538. The van der Waals surface area contributed by atoms with Gasteiger partial charge in [-0.15, -0.1) is 0 Å². The number of carbonyl (C=O) groups is 1. The number of hydrogen-bond acceptors (Lipinski definition) is 7. The van der Waals surface area contributed by atoms with E-state index < -0.39 is 22.9 Å². The number of carbonyl (C=O) groups excluding carboxylic acids is 1. The van der Waals surface area contributed by atoms with E-state index in [-0.39, 0.29) is 31.1 Å². The zero-order valence-corrected chi connectivity index (χ0v) is 11.9. The second-order valence-electron chi connectivity index (χ2n) is 4.94. The first-order chi connectivity index (χ1) is 9.89. The largest absolute Gasteiger partial charge is 0.481 e. The van der Waals surface area contributed by atoms with Crippen molar-refractivity contribution in [1.29, 1.82) is 0 Å². The Balaban J connectivity index is 2.58. The summed E-state index contributed by atoms with van der Waals surface area (Å²) in [6, 6.07) is 1.31. The van der Waals surface area contributed by atoms with Crippen molar-refractivity contribution in [3.05, 3.63) is 23.6 Å².